The van der Waals surface area contributed by atoms with Gasteiger partial charge < -0.3 is 0 Å². The second kappa shape index (κ2) is 4.61. The van der Waals surface area contributed by atoms with Crippen LogP contribution in [0.4, 0.5) is 0 Å². The lowest BCUT2D eigenvalue weighted by Crippen LogP contribution is -2.47. The number of hydrogen-bond donors (Lipinski definition) is 0. The highest BCUT2D eigenvalue weighted by molar-refractivity contribution is 5.38. The van der Waals surface area contributed by atoms with E-state index in [1.807, 2.05) is 0 Å². The van der Waals surface area contributed by atoms with Crippen molar-refractivity contribution >= 4 is 6.41 Å². The van der Waals surface area contributed by atoms with E-state index in [1.54, 1.807) is 0 Å². The SMILES string of the molecule is CCC[N+]1([C]=O)CCCCCC1. The van der Waals surface area contributed by atoms with E-state index in [9.17, 15) is 4.79 Å². The van der Waals surface area contributed by atoms with Crippen LogP contribution in [-0.4, -0.2) is 30.5 Å². The fourth-order valence-corrected chi connectivity index (χ4v) is 2.08. The maximum Gasteiger partial charge on any atom is 0.442 e. The van der Waals surface area contributed by atoms with Crippen LogP contribution in [0.1, 0.15) is 39.0 Å². The minimum Gasteiger partial charge on any atom is -0.248 e. The third-order valence-electron chi connectivity index (χ3n) is 2.77. The smallest absolute Gasteiger partial charge is 0.248 e. The average Bonchev–Trinajstić information content (AvgIpc) is 2.32. The van der Waals surface area contributed by atoms with Gasteiger partial charge in [0.1, 0.15) is 0 Å². The zero-order valence-electron chi connectivity index (χ0n) is 8.01. The summed E-state index contributed by atoms with van der Waals surface area (Å²) in [5.41, 5.74) is 0. The molecule has 1 amide bonds. The first kappa shape index (κ1) is 9.72. The largest absolute Gasteiger partial charge is 0.442 e. The molecule has 0 aromatic heterocycles. The van der Waals surface area contributed by atoms with Gasteiger partial charge in [0, 0.05) is 0 Å². The van der Waals surface area contributed by atoms with Gasteiger partial charge in [-0.3, -0.25) is 0 Å². The Morgan fingerprint density at radius 3 is 2.17 bits per heavy atom. The first-order chi connectivity index (χ1) is 5.83. The number of rotatable bonds is 3. The normalized spacial score (nSPS) is 23.1. The van der Waals surface area contributed by atoms with Crippen LogP contribution in [0.25, 0.3) is 0 Å². The Morgan fingerprint density at radius 1 is 1.17 bits per heavy atom. The van der Waals surface area contributed by atoms with Gasteiger partial charge in [-0.15, -0.1) is 0 Å². The Kier molecular flexibility index (Phi) is 3.73. The van der Waals surface area contributed by atoms with Crippen molar-refractivity contribution in [1.29, 1.82) is 0 Å². The fraction of sp³-hybridized carbons (Fsp3) is 0.900. The summed E-state index contributed by atoms with van der Waals surface area (Å²) in [4.78, 5) is 10.9. The average molecular weight is 169 g/mol. The molecule has 0 atom stereocenters. The Balaban J connectivity index is 2.54. The predicted molar refractivity (Wildman–Crippen MR) is 49.3 cm³/mol. The summed E-state index contributed by atoms with van der Waals surface area (Å²) in [6, 6.07) is 0. The third-order valence-corrected chi connectivity index (χ3v) is 2.77. The van der Waals surface area contributed by atoms with E-state index < -0.39 is 0 Å². The molecule has 0 saturated carbocycles. The lowest BCUT2D eigenvalue weighted by atomic mass is 10.2. The molecule has 12 heavy (non-hydrogen) atoms. The molecular formula is C10H19NO+. The summed E-state index contributed by atoms with van der Waals surface area (Å²) in [5, 5.41) is 0. The molecule has 1 radical (unpaired) electrons. The monoisotopic (exact) mass is 169 g/mol. The standard InChI is InChI=1S/C10H19NO/c1-2-7-11(10-12)8-5-3-4-6-9-11/h2-9H2,1H3/q+1. The molecule has 0 aromatic rings. The molecule has 1 fully saturated rings. The number of likely N-dealkylation sites (tertiary alicyclic amines) is 1. The summed E-state index contributed by atoms with van der Waals surface area (Å²) in [6.45, 7) is 5.18. The highest BCUT2D eigenvalue weighted by Crippen LogP contribution is 2.16. The van der Waals surface area contributed by atoms with Crippen LogP contribution in [0, 0.1) is 0 Å². The summed E-state index contributed by atoms with van der Waals surface area (Å²) in [7, 11) is 0. The lowest BCUT2D eigenvalue weighted by molar-refractivity contribution is -0.838. The van der Waals surface area contributed by atoms with Gasteiger partial charge in [-0.05, 0) is 32.1 Å². The van der Waals surface area contributed by atoms with E-state index in [2.05, 4.69) is 13.3 Å². The van der Waals surface area contributed by atoms with E-state index in [-0.39, 0.29) is 0 Å². The van der Waals surface area contributed by atoms with Crippen molar-refractivity contribution in [3.8, 4) is 0 Å². The number of carbonyl (C=O) groups excluding carboxylic acids is 1. The Morgan fingerprint density at radius 2 is 1.75 bits per heavy atom. The second-order valence-electron chi connectivity index (χ2n) is 3.82. The van der Waals surface area contributed by atoms with Gasteiger partial charge in [-0.25, -0.2) is 9.28 Å². The molecule has 0 aromatic carbocycles. The molecule has 69 valence electrons. The fourth-order valence-electron chi connectivity index (χ4n) is 2.08. The Labute approximate surface area is 75.1 Å². The molecule has 0 N–H and O–H groups in total. The minimum atomic E-state index is 0.608. The second-order valence-corrected chi connectivity index (χ2v) is 3.82. The number of hydrogen-bond acceptors (Lipinski definition) is 1. The van der Waals surface area contributed by atoms with Crippen molar-refractivity contribution in [2.75, 3.05) is 19.6 Å². The van der Waals surface area contributed by atoms with E-state index in [0.29, 0.717) is 4.48 Å². The van der Waals surface area contributed by atoms with E-state index in [1.165, 1.54) is 25.7 Å². The molecule has 1 rings (SSSR count). The van der Waals surface area contributed by atoms with Crippen LogP contribution in [0.5, 0.6) is 0 Å². The first-order valence-electron chi connectivity index (χ1n) is 5.08. The van der Waals surface area contributed by atoms with Crippen molar-refractivity contribution in [1.82, 2.24) is 0 Å². The molecule has 1 saturated heterocycles. The number of quaternary nitrogens is 1. The van der Waals surface area contributed by atoms with Crippen LogP contribution >= 0.6 is 0 Å². The van der Waals surface area contributed by atoms with Gasteiger partial charge in [0.2, 0.25) is 0 Å². The van der Waals surface area contributed by atoms with Gasteiger partial charge in [0.25, 0.3) is 0 Å². The predicted octanol–water partition coefficient (Wildman–Crippen LogP) is 1.85. The summed E-state index contributed by atoms with van der Waals surface area (Å²) in [5.74, 6) is 0. The molecule has 1 aliphatic rings. The zero-order valence-corrected chi connectivity index (χ0v) is 8.01. The highest BCUT2D eigenvalue weighted by Gasteiger charge is 2.28. The van der Waals surface area contributed by atoms with Gasteiger partial charge >= 0.3 is 6.41 Å². The summed E-state index contributed by atoms with van der Waals surface area (Å²) >= 11 is 0. The molecule has 2 nitrogen and oxygen atoms in total. The van der Waals surface area contributed by atoms with Crippen molar-refractivity contribution in [3.05, 3.63) is 0 Å². The van der Waals surface area contributed by atoms with Crippen molar-refractivity contribution in [3.63, 3.8) is 0 Å². The van der Waals surface area contributed by atoms with E-state index >= 15 is 0 Å². The van der Waals surface area contributed by atoms with Crippen molar-refractivity contribution < 1.29 is 9.28 Å². The maximum atomic E-state index is 10.9. The molecule has 1 heterocycles. The Bertz CT molecular complexity index is 137. The van der Waals surface area contributed by atoms with Gasteiger partial charge in [0.15, 0.2) is 0 Å². The minimum absolute atomic E-state index is 0.608. The van der Waals surface area contributed by atoms with E-state index in [0.717, 1.165) is 26.1 Å². The molecule has 0 aliphatic carbocycles. The Hall–Kier alpha value is -0.370. The molecule has 2 heteroatoms. The van der Waals surface area contributed by atoms with Crippen LogP contribution in [-0.2, 0) is 4.79 Å². The van der Waals surface area contributed by atoms with Crippen LogP contribution in [0.15, 0.2) is 0 Å². The van der Waals surface area contributed by atoms with Crippen LogP contribution in [0.2, 0.25) is 0 Å². The molecule has 0 spiro atoms. The topological polar surface area (TPSA) is 17.1 Å². The zero-order chi connectivity index (χ0) is 8.86. The molecule has 0 bridgehead atoms. The summed E-state index contributed by atoms with van der Waals surface area (Å²) < 4.78 is 0.608. The maximum absolute atomic E-state index is 10.9. The number of amides is 1. The molecule has 1 aliphatic heterocycles. The first-order valence-corrected chi connectivity index (χ1v) is 5.08. The number of nitrogens with zero attached hydrogens (tertiary/aromatic N) is 1. The van der Waals surface area contributed by atoms with Crippen molar-refractivity contribution in [2.45, 2.75) is 39.0 Å². The lowest BCUT2D eigenvalue weighted by Gasteiger charge is -2.28. The van der Waals surface area contributed by atoms with Crippen LogP contribution < -0.4 is 0 Å². The van der Waals surface area contributed by atoms with Gasteiger partial charge in [-0.1, -0.05) is 6.92 Å². The van der Waals surface area contributed by atoms with Crippen LogP contribution in [0.3, 0.4) is 0 Å². The molecular weight excluding hydrogens is 150 g/mol. The third kappa shape index (κ3) is 2.31. The summed E-state index contributed by atoms with van der Waals surface area (Å²) in [6.07, 6.45) is 8.34. The van der Waals surface area contributed by atoms with Crippen molar-refractivity contribution in [2.24, 2.45) is 0 Å². The van der Waals surface area contributed by atoms with E-state index in [4.69, 9.17) is 0 Å². The quantitative estimate of drug-likeness (QED) is 0.589. The van der Waals surface area contributed by atoms with Gasteiger partial charge in [-0.2, -0.15) is 0 Å². The molecule has 0 unspecified atom stereocenters. The highest BCUT2D eigenvalue weighted by atomic mass is 16.1. The van der Waals surface area contributed by atoms with Gasteiger partial charge in [0.05, 0.1) is 19.6 Å².